The lowest BCUT2D eigenvalue weighted by molar-refractivity contribution is 0.0951. The number of hydrogen-bond acceptors (Lipinski definition) is 4. The van der Waals surface area contributed by atoms with E-state index in [9.17, 15) is 13.2 Å². The van der Waals surface area contributed by atoms with Gasteiger partial charge in [0.2, 0.25) is 10.0 Å². The molecular weight excluding hydrogens is 460 g/mol. The zero-order valence-electron chi connectivity index (χ0n) is 17.7. The number of aromatic nitrogens is 2. The Labute approximate surface area is 197 Å². The number of nitrogens with zero attached hydrogens (tertiary/aromatic N) is 2. The van der Waals surface area contributed by atoms with Crippen LogP contribution in [-0.2, 0) is 16.6 Å². The Balaban J connectivity index is 1.60. The molecule has 0 bridgehead atoms. The van der Waals surface area contributed by atoms with Gasteiger partial charge in [-0.05, 0) is 49.0 Å². The number of hydrogen-bond donors (Lipinski definition) is 2. The fraction of sp³-hybridized carbons (Fsp3) is 0.0833. The van der Waals surface area contributed by atoms with Gasteiger partial charge in [0.1, 0.15) is 5.69 Å². The molecule has 2 N–H and O–H groups in total. The van der Waals surface area contributed by atoms with E-state index >= 15 is 0 Å². The van der Waals surface area contributed by atoms with Crippen LogP contribution in [0.25, 0.3) is 16.9 Å². The lowest BCUT2D eigenvalue weighted by Crippen LogP contribution is -2.23. The molecule has 4 aromatic rings. The second-order valence-electron chi connectivity index (χ2n) is 7.21. The quantitative estimate of drug-likeness (QED) is 0.417. The van der Waals surface area contributed by atoms with E-state index in [0.29, 0.717) is 16.3 Å². The van der Waals surface area contributed by atoms with Gasteiger partial charge in [0.15, 0.2) is 0 Å². The first kappa shape index (κ1) is 22.7. The maximum Gasteiger partial charge on any atom is 0.255 e. The maximum absolute atomic E-state index is 13.1. The highest BCUT2D eigenvalue weighted by molar-refractivity contribution is 7.89. The first-order chi connectivity index (χ1) is 15.9. The van der Waals surface area contributed by atoms with Crippen LogP contribution in [-0.4, -0.2) is 31.2 Å². The van der Waals surface area contributed by atoms with Gasteiger partial charge in [0.05, 0.1) is 16.1 Å². The van der Waals surface area contributed by atoms with Crippen molar-refractivity contribution in [1.29, 1.82) is 0 Å². The molecule has 0 aliphatic heterocycles. The van der Waals surface area contributed by atoms with Gasteiger partial charge in [-0.1, -0.05) is 54.1 Å². The number of para-hydroxylation sites is 1. The van der Waals surface area contributed by atoms with Crippen LogP contribution >= 0.6 is 11.6 Å². The van der Waals surface area contributed by atoms with Gasteiger partial charge in [-0.3, -0.25) is 4.79 Å². The molecule has 33 heavy (non-hydrogen) atoms. The molecule has 1 amide bonds. The van der Waals surface area contributed by atoms with E-state index in [0.717, 1.165) is 16.8 Å². The fourth-order valence-corrected chi connectivity index (χ4v) is 4.11. The lowest BCUT2D eigenvalue weighted by Gasteiger charge is -2.07. The smallest absolute Gasteiger partial charge is 0.255 e. The van der Waals surface area contributed by atoms with E-state index in [4.69, 9.17) is 11.6 Å². The van der Waals surface area contributed by atoms with Crippen molar-refractivity contribution in [2.75, 3.05) is 7.05 Å². The van der Waals surface area contributed by atoms with Crippen molar-refractivity contribution in [1.82, 2.24) is 19.8 Å². The minimum atomic E-state index is -3.51. The topological polar surface area (TPSA) is 93.1 Å². The molecule has 0 spiro atoms. The number of carbonyl (C=O) groups excluding carboxylic acids is 1. The Morgan fingerprint density at radius 1 is 0.970 bits per heavy atom. The third kappa shape index (κ3) is 5.14. The summed E-state index contributed by atoms with van der Waals surface area (Å²) in [6.07, 6.45) is 1.69. The van der Waals surface area contributed by atoms with Crippen LogP contribution in [0.2, 0.25) is 5.02 Å². The molecule has 0 radical (unpaired) electrons. The summed E-state index contributed by atoms with van der Waals surface area (Å²) in [6.45, 7) is 0.231. The van der Waals surface area contributed by atoms with Crippen LogP contribution in [0.15, 0.2) is 90.0 Å². The molecule has 1 aromatic heterocycles. The van der Waals surface area contributed by atoms with Crippen molar-refractivity contribution >= 4 is 27.5 Å². The molecule has 7 nitrogen and oxygen atoms in total. The van der Waals surface area contributed by atoms with Crippen molar-refractivity contribution in [2.24, 2.45) is 0 Å². The number of rotatable bonds is 7. The van der Waals surface area contributed by atoms with Crippen molar-refractivity contribution in [3.63, 3.8) is 0 Å². The minimum absolute atomic E-state index is 0.161. The molecule has 1 heterocycles. The predicted octanol–water partition coefficient (Wildman–Crippen LogP) is 4.03. The highest BCUT2D eigenvalue weighted by Gasteiger charge is 2.19. The van der Waals surface area contributed by atoms with Gasteiger partial charge in [0, 0.05) is 23.3 Å². The van der Waals surface area contributed by atoms with Crippen molar-refractivity contribution in [3.05, 3.63) is 101 Å². The predicted molar refractivity (Wildman–Crippen MR) is 128 cm³/mol. The number of benzene rings is 3. The normalized spacial score (nSPS) is 11.3. The van der Waals surface area contributed by atoms with E-state index in [1.807, 2.05) is 42.5 Å². The number of halogens is 1. The molecule has 0 atom stereocenters. The van der Waals surface area contributed by atoms with Gasteiger partial charge < -0.3 is 5.32 Å². The summed E-state index contributed by atoms with van der Waals surface area (Å²) in [4.78, 5) is 13.3. The maximum atomic E-state index is 13.1. The second kappa shape index (κ2) is 9.58. The van der Waals surface area contributed by atoms with E-state index < -0.39 is 10.0 Å². The highest BCUT2D eigenvalue weighted by atomic mass is 35.5. The standard InChI is InChI=1S/C24H21ClN4O3S/c1-26-33(31,32)21-13-7-17(8-14-21)15-27-24(30)22-16-29(20-5-3-2-4-6-20)28-23(22)18-9-11-19(25)12-10-18/h2-14,16,26H,15H2,1H3,(H,27,30). The van der Waals surface area contributed by atoms with Crippen molar-refractivity contribution in [2.45, 2.75) is 11.4 Å². The van der Waals surface area contributed by atoms with Crippen LogP contribution in [0, 0.1) is 0 Å². The Kier molecular flexibility index (Phi) is 6.60. The van der Waals surface area contributed by atoms with Crippen LogP contribution in [0.5, 0.6) is 0 Å². The summed E-state index contributed by atoms with van der Waals surface area (Å²) in [5, 5.41) is 8.13. The average Bonchev–Trinajstić information content (AvgIpc) is 3.29. The summed E-state index contributed by atoms with van der Waals surface area (Å²) < 4.78 is 27.7. The molecule has 0 unspecified atom stereocenters. The number of sulfonamides is 1. The van der Waals surface area contributed by atoms with Gasteiger partial charge >= 0.3 is 0 Å². The molecule has 168 valence electrons. The van der Waals surface area contributed by atoms with E-state index in [1.54, 1.807) is 35.1 Å². The third-order valence-corrected chi connectivity index (χ3v) is 6.73. The zero-order chi connectivity index (χ0) is 23.4. The first-order valence-corrected chi connectivity index (χ1v) is 12.0. The second-order valence-corrected chi connectivity index (χ2v) is 9.54. The molecule has 0 aliphatic carbocycles. The molecule has 0 saturated carbocycles. The Morgan fingerprint density at radius 3 is 2.27 bits per heavy atom. The lowest BCUT2D eigenvalue weighted by atomic mass is 10.1. The van der Waals surface area contributed by atoms with Gasteiger partial charge in [-0.15, -0.1) is 0 Å². The molecule has 0 aliphatic rings. The van der Waals surface area contributed by atoms with E-state index in [2.05, 4.69) is 15.1 Å². The minimum Gasteiger partial charge on any atom is -0.348 e. The summed E-state index contributed by atoms with van der Waals surface area (Å²) in [7, 11) is -2.15. The van der Waals surface area contributed by atoms with Crippen LogP contribution in [0.4, 0.5) is 0 Å². The SMILES string of the molecule is CNS(=O)(=O)c1ccc(CNC(=O)c2cn(-c3ccccc3)nc2-c2ccc(Cl)cc2)cc1. The van der Waals surface area contributed by atoms with Gasteiger partial charge in [-0.2, -0.15) is 5.10 Å². The van der Waals surface area contributed by atoms with Gasteiger partial charge in [0.25, 0.3) is 5.91 Å². The molecule has 3 aromatic carbocycles. The average molecular weight is 481 g/mol. The Morgan fingerprint density at radius 2 is 1.64 bits per heavy atom. The van der Waals surface area contributed by atoms with Crippen molar-refractivity contribution in [3.8, 4) is 16.9 Å². The Hall–Kier alpha value is -3.46. The van der Waals surface area contributed by atoms with Crippen LogP contribution in [0.1, 0.15) is 15.9 Å². The van der Waals surface area contributed by atoms with Crippen LogP contribution in [0.3, 0.4) is 0 Å². The number of amides is 1. The van der Waals surface area contributed by atoms with Gasteiger partial charge in [-0.25, -0.2) is 17.8 Å². The monoisotopic (exact) mass is 480 g/mol. The summed E-state index contributed by atoms with van der Waals surface area (Å²) in [5.41, 5.74) is 3.30. The molecule has 0 saturated heterocycles. The third-order valence-electron chi connectivity index (χ3n) is 5.05. The molecular formula is C24H21ClN4O3S. The number of nitrogens with one attached hydrogen (secondary N) is 2. The van der Waals surface area contributed by atoms with E-state index in [-0.39, 0.29) is 17.3 Å². The van der Waals surface area contributed by atoms with E-state index in [1.165, 1.54) is 19.2 Å². The summed E-state index contributed by atoms with van der Waals surface area (Å²) in [5.74, 6) is -0.297. The Bertz CT molecular complexity index is 1370. The molecule has 9 heteroatoms. The van der Waals surface area contributed by atoms with Crippen molar-refractivity contribution < 1.29 is 13.2 Å². The number of carbonyl (C=O) groups is 1. The highest BCUT2D eigenvalue weighted by Crippen LogP contribution is 2.25. The largest absolute Gasteiger partial charge is 0.348 e. The fourth-order valence-electron chi connectivity index (χ4n) is 3.26. The summed E-state index contributed by atoms with van der Waals surface area (Å²) >= 11 is 6.02. The first-order valence-electron chi connectivity index (χ1n) is 10.1. The summed E-state index contributed by atoms with van der Waals surface area (Å²) in [6, 6.07) is 23.0. The van der Waals surface area contributed by atoms with Crippen LogP contribution < -0.4 is 10.0 Å². The zero-order valence-corrected chi connectivity index (χ0v) is 19.3. The molecule has 4 rings (SSSR count). The molecule has 0 fully saturated rings.